The lowest BCUT2D eigenvalue weighted by Gasteiger charge is -2.11. The summed E-state index contributed by atoms with van der Waals surface area (Å²) in [7, 11) is 0. The van der Waals surface area contributed by atoms with Crippen molar-refractivity contribution in [3.05, 3.63) is 30.1 Å². The van der Waals surface area contributed by atoms with Crippen molar-refractivity contribution in [3.63, 3.8) is 0 Å². The van der Waals surface area contributed by atoms with Crippen LogP contribution < -0.4 is 0 Å². The summed E-state index contributed by atoms with van der Waals surface area (Å²) < 4.78 is 0. The molecule has 0 aliphatic carbocycles. The highest BCUT2D eigenvalue weighted by molar-refractivity contribution is 5.75. The first-order valence-electron chi connectivity index (χ1n) is 6.87. The third-order valence-electron chi connectivity index (χ3n) is 3.37. The normalized spacial score (nSPS) is 12.7. The zero-order valence-electron chi connectivity index (χ0n) is 11.2. The smallest absolute Gasteiger partial charge is 0.304 e. The Bertz CT molecular complexity index is 515. The predicted molar refractivity (Wildman–Crippen MR) is 75.2 cm³/mol. The molecule has 4 nitrogen and oxygen atoms in total. The van der Waals surface area contributed by atoms with E-state index in [9.17, 15) is 4.79 Å². The number of fused-ring (bicyclic) bond motifs is 1. The fourth-order valence-electron chi connectivity index (χ4n) is 2.35. The Morgan fingerprint density at radius 2 is 2.16 bits per heavy atom. The number of aromatic nitrogens is 2. The molecule has 1 aromatic carbocycles. The maximum Gasteiger partial charge on any atom is 0.304 e. The molecular formula is C15H20N2O2. The molecule has 0 radical (unpaired) electrons. The van der Waals surface area contributed by atoms with Gasteiger partial charge in [-0.2, -0.15) is 0 Å². The number of carbonyl (C=O) groups is 1. The van der Waals surface area contributed by atoms with Crippen molar-refractivity contribution in [1.82, 2.24) is 9.97 Å². The summed E-state index contributed by atoms with van der Waals surface area (Å²) in [5, 5.41) is 9.03. The highest BCUT2D eigenvalue weighted by Crippen LogP contribution is 2.25. The van der Waals surface area contributed by atoms with Gasteiger partial charge in [-0.25, -0.2) is 4.98 Å². The number of para-hydroxylation sites is 2. The summed E-state index contributed by atoms with van der Waals surface area (Å²) >= 11 is 0. The van der Waals surface area contributed by atoms with Crippen molar-refractivity contribution in [2.24, 2.45) is 0 Å². The number of benzene rings is 1. The molecule has 0 fully saturated rings. The summed E-state index contributed by atoms with van der Waals surface area (Å²) in [6.07, 6.45) is 4.34. The van der Waals surface area contributed by atoms with E-state index in [0.29, 0.717) is 0 Å². The van der Waals surface area contributed by atoms with Crippen LogP contribution in [0.5, 0.6) is 0 Å². The summed E-state index contributed by atoms with van der Waals surface area (Å²) in [4.78, 5) is 18.8. The van der Waals surface area contributed by atoms with Crippen LogP contribution in [0.25, 0.3) is 11.0 Å². The monoisotopic (exact) mass is 260 g/mol. The molecule has 19 heavy (non-hydrogen) atoms. The van der Waals surface area contributed by atoms with Crippen molar-refractivity contribution in [1.29, 1.82) is 0 Å². The van der Waals surface area contributed by atoms with E-state index in [2.05, 4.69) is 16.9 Å². The van der Waals surface area contributed by atoms with Gasteiger partial charge in [-0.3, -0.25) is 4.79 Å². The summed E-state index contributed by atoms with van der Waals surface area (Å²) in [5.41, 5.74) is 1.88. The van der Waals surface area contributed by atoms with Crippen molar-refractivity contribution < 1.29 is 9.90 Å². The highest BCUT2D eigenvalue weighted by Gasteiger charge is 2.18. The van der Waals surface area contributed by atoms with Gasteiger partial charge in [-0.1, -0.05) is 38.3 Å². The number of carboxylic acid groups (broad SMARTS) is 1. The van der Waals surface area contributed by atoms with E-state index in [1.54, 1.807) is 0 Å². The lowest BCUT2D eigenvalue weighted by atomic mass is 9.97. The van der Waals surface area contributed by atoms with E-state index >= 15 is 0 Å². The second-order valence-electron chi connectivity index (χ2n) is 4.93. The second kappa shape index (κ2) is 6.36. The van der Waals surface area contributed by atoms with Crippen LogP contribution in [0.1, 0.15) is 50.8 Å². The topological polar surface area (TPSA) is 66.0 Å². The van der Waals surface area contributed by atoms with E-state index in [0.717, 1.165) is 42.5 Å². The number of rotatable bonds is 7. The van der Waals surface area contributed by atoms with E-state index in [1.165, 1.54) is 0 Å². The Balaban J connectivity index is 2.18. The minimum absolute atomic E-state index is 0.0172. The maximum atomic E-state index is 11.0. The lowest BCUT2D eigenvalue weighted by Crippen LogP contribution is -2.08. The number of carboxylic acids is 1. The zero-order valence-corrected chi connectivity index (χ0v) is 11.2. The lowest BCUT2D eigenvalue weighted by molar-refractivity contribution is -0.137. The summed E-state index contributed by atoms with van der Waals surface area (Å²) in [6.45, 7) is 2.15. The van der Waals surface area contributed by atoms with E-state index in [1.807, 2.05) is 24.3 Å². The van der Waals surface area contributed by atoms with Gasteiger partial charge in [0.25, 0.3) is 0 Å². The van der Waals surface area contributed by atoms with E-state index < -0.39 is 5.97 Å². The number of H-pyrrole nitrogens is 1. The largest absolute Gasteiger partial charge is 0.481 e. The third kappa shape index (κ3) is 3.56. The number of nitrogens with zero attached hydrogens (tertiary/aromatic N) is 1. The molecule has 4 heteroatoms. The molecule has 0 aliphatic heterocycles. The molecule has 0 saturated heterocycles. The third-order valence-corrected chi connectivity index (χ3v) is 3.37. The molecule has 1 aromatic heterocycles. The molecule has 0 amide bonds. The number of imidazole rings is 1. The standard InChI is InChI=1S/C15H20N2O2/c1-2-3-4-7-11(10-14(18)19)15-16-12-8-5-6-9-13(12)17-15/h5-6,8-9,11H,2-4,7,10H2,1H3,(H,16,17)(H,18,19). The van der Waals surface area contributed by atoms with Gasteiger partial charge in [0, 0.05) is 5.92 Å². The highest BCUT2D eigenvalue weighted by atomic mass is 16.4. The second-order valence-corrected chi connectivity index (χ2v) is 4.93. The Kier molecular flexibility index (Phi) is 4.55. The Morgan fingerprint density at radius 3 is 2.84 bits per heavy atom. The summed E-state index contributed by atoms with van der Waals surface area (Å²) in [6, 6.07) is 7.80. The molecule has 0 aliphatic rings. The SMILES string of the molecule is CCCCCC(CC(=O)O)c1nc2ccccc2[nH]1. The van der Waals surface area contributed by atoms with Gasteiger partial charge in [-0.15, -0.1) is 0 Å². The van der Waals surface area contributed by atoms with Gasteiger partial charge in [0.05, 0.1) is 17.5 Å². The van der Waals surface area contributed by atoms with Crippen molar-refractivity contribution in [3.8, 4) is 0 Å². The number of nitrogens with one attached hydrogen (secondary N) is 1. The molecule has 0 saturated carbocycles. The minimum atomic E-state index is -0.762. The van der Waals surface area contributed by atoms with Crippen LogP contribution in [-0.2, 0) is 4.79 Å². The van der Waals surface area contributed by atoms with Crippen LogP contribution in [0.15, 0.2) is 24.3 Å². The molecule has 1 heterocycles. The maximum absolute atomic E-state index is 11.0. The van der Waals surface area contributed by atoms with Gasteiger partial charge < -0.3 is 10.1 Å². The predicted octanol–water partition coefficient (Wildman–Crippen LogP) is 3.70. The average Bonchev–Trinajstić information content (AvgIpc) is 2.81. The number of hydrogen-bond donors (Lipinski definition) is 2. The number of aliphatic carboxylic acids is 1. The van der Waals surface area contributed by atoms with Crippen LogP contribution in [-0.4, -0.2) is 21.0 Å². The molecule has 1 atom stereocenters. The van der Waals surface area contributed by atoms with Gasteiger partial charge in [0.2, 0.25) is 0 Å². The Labute approximate surface area is 112 Å². The van der Waals surface area contributed by atoms with Crippen LogP contribution >= 0.6 is 0 Å². The minimum Gasteiger partial charge on any atom is -0.481 e. The number of aromatic amines is 1. The van der Waals surface area contributed by atoms with E-state index in [-0.39, 0.29) is 12.3 Å². The van der Waals surface area contributed by atoms with Crippen molar-refractivity contribution in [2.75, 3.05) is 0 Å². The fraction of sp³-hybridized carbons (Fsp3) is 0.467. The molecule has 2 N–H and O–H groups in total. The molecule has 0 bridgehead atoms. The van der Waals surface area contributed by atoms with Crippen molar-refractivity contribution in [2.45, 2.75) is 44.9 Å². The van der Waals surface area contributed by atoms with Crippen LogP contribution in [0.3, 0.4) is 0 Å². The molecule has 2 aromatic rings. The zero-order chi connectivity index (χ0) is 13.7. The Hall–Kier alpha value is -1.84. The number of unbranched alkanes of at least 4 members (excludes halogenated alkanes) is 2. The van der Waals surface area contributed by atoms with Gasteiger partial charge in [0.1, 0.15) is 5.82 Å². The molecule has 102 valence electrons. The van der Waals surface area contributed by atoms with E-state index in [4.69, 9.17) is 5.11 Å². The first-order valence-corrected chi connectivity index (χ1v) is 6.87. The fourth-order valence-corrected chi connectivity index (χ4v) is 2.35. The van der Waals surface area contributed by atoms with Crippen LogP contribution in [0.4, 0.5) is 0 Å². The average molecular weight is 260 g/mol. The molecule has 1 unspecified atom stereocenters. The molecular weight excluding hydrogens is 240 g/mol. The first kappa shape index (κ1) is 13.6. The first-order chi connectivity index (χ1) is 9.20. The Morgan fingerprint density at radius 1 is 1.37 bits per heavy atom. The van der Waals surface area contributed by atoms with Crippen LogP contribution in [0, 0.1) is 0 Å². The van der Waals surface area contributed by atoms with Gasteiger partial charge in [-0.05, 0) is 18.6 Å². The van der Waals surface area contributed by atoms with Crippen LogP contribution in [0.2, 0.25) is 0 Å². The van der Waals surface area contributed by atoms with Gasteiger partial charge in [0.15, 0.2) is 0 Å². The van der Waals surface area contributed by atoms with Crippen molar-refractivity contribution >= 4 is 17.0 Å². The summed E-state index contributed by atoms with van der Waals surface area (Å²) in [5.74, 6) is 0.0260. The molecule has 2 rings (SSSR count). The number of hydrogen-bond acceptors (Lipinski definition) is 2. The molecule has 0 spiro atoms. The van der Waals surface area contributed by atoms with Gasteiger partial charge >= 0.3 is 5.97 Å². The quantitative estimate of drug-likeness (QED) is 0.746.